The molecule has 1 unspecified atom stereocenters. The molecule has 0 aliphatic carbocycles. The molecular weight excluding hydrogens is 442 g/mol. The fraction of sp³-hybridized carbons (Fsp3) is 0.619. The van der Waals surface area contributed by atoms with E-state index >= 15 is 0 Å². The van der Waals surface area contributed by atoms with Crippen molar-refractivity contribution in [2.45, 2.75) is 58.5 Å². The van der Waals surface area contributed by atoms with Gasteiger partial charge in [-0.1, -0.05) is 20.8 Å². The molecule has 1 aliphatic heterocycles. The van der Waals surface area contributed by atoms with Crippen LogP contribution in [0.15, 0.2) is 18.2 Å². The molecule has 2 N–H and O–H groups in total. The average Bonchev–Trinajstić information content (AvgIpc) is 2.65. The molecule has 1 aromatic carbocycles. The molecule has 0 bridgehead atoms. The number of alkyl halides is 6. The summed E-state index contributed by atoms with van der Waals surface area (Å²) in [6.45, 7) is 5.78. The van der Waals surface area contributed by atoms with Gasteiger partial charge in [-0.25, -0.2) is 0 Å². The average molecular weight is 468 g/mol. The van der Waals surface area contributed by atoms with E-state index in [9.17, 15) is 41.0 Å². The van der Waals surface area contributed by atoms with E-state index in [0.717, 1.165) is 0 Å². The van der Waals surface area contributed by atoms with Crippen molar-refractivity contribution in [3.8, 4) is 0 Å². The maximum Gasteiger partial charge on any atom is 0.416 e. The monoisotopic (exact) mass is 468 g/mol. The number of hydrogen-bond acceptors (Lipinski definition) is 3. The van der Waals surface area contributed by atoms with Crippen molar-refractivity contribution in [2.75, 3.05) is 18.4 Å². The molecule has 0 aromatic heterocycles. The fourth-order valence-electron chi connectivity index (χ4n) is 3.40. The molecule has 32 heavy (non-hydrogen) atoms. The number of rotatable bonds is 4. The molecule has 2 amide bonds. The Kier molecular flexibility index (Phi) is 7.53. The van der Waals surface area contributed by atoms with Crippen LogP contribution in [-0.2, 0) is 21.9 Å². The van der Waals surface area contributed by atoms with Crippen molar-refractivity contribution in [2.24, 2.45) is 11.3 Å². The number of nitrogens with zero attached hydrogens (tertiary/aromatic N) is 1. The number of piperidine rings is 1. The van der Waals surface area contributed by atoms with E-state index in [0.29, 0.717) is 38.1 Å². The zero-order valence-electron chi connectivity index (χ0n) is 17.9. The van der Waals surface area contributed by atoms with Gasteiger partial charge in [-0.05, 0) is 42.4 Å². The van der Waals surface area contributed by atoms with E-state index in [2.05, 4.69) is 5.32 Å². The summed E-state index contributed by atoms with van der Waals surface area (Å²) in [6, 6.07) is 0.916. The number of halogens is 6. The standard InChI is InChI=1S/C21H26F6N2O3/c1-19(2,3)17(31)18(32)29-6-4-12(5-7-29)8-16(30)28-15-10-13(20(22,23)24)9-14(11-15)21(25,26)27/h9-12,17,31H,4-8H2,1-3H3,(H,28,30). The van der Waals surface area contributed by atoms with Gasteiger partial charge in [-0.15, -0.1) is 0 Å². The number of aliphatic hydroxyl groups is 1. The summed E-state index contributed by atoms with van der Waals surface area (Å²) in [5.41, 5.74) is -4.23. The number of aliphatic hydroxyl groups excluding tert-OH is 1. The maximum atomic E-state index is 12.9. The first kappa shape index (κ1) is 26.0. The summed E-state index contributed by atoms with van der Waals surface area (Å²) in [7, 11) is 0. The zero-order chi connectivity index (χ0) is 24.5. The largest absolute Gasteiger partial charge is 0.416 e. The fourth-order valence-corrected chi connectivity index (χ4v) is 3.40. The lowest BCUT2D eigenvalue weighted by Crippen LogP contribution is -2.48. The van der Waals surface area contributed by atoms with Gasteiger partial charge in [0.15, 0.2) is 0 Å². The zero-order valence-corrected chi connectivity index (χ0v) is 17.9. The third-order valence-electron chi connectivity index (χ3n) is 5.33. The van der Waals surface area contributed by atoms with Gasteiger partial charge in [-0.2, -0.15) is 26.3 Å². The lowest BCUT2D eigenvalue weighted by molar-refractivity contribution is -0.147. The summed E-state index contributed by atoms with van der Waals surface area (Å²) in [5.74, 6) is -1.32. The van der Waals surface area contributed by atoms with Crippen LogP contribution in [0.3, 0.4) is 0 Å². The van der Waals surface area contributed by atoms with Crippen LogP contribution in [0, 0.1) is 11.3 Å². The van der Waals surface area contributed by atoms with Gasteiger partial charge in [0.2, 0.25) is 5.91 Å². The number of benzene rings is 1. The molecular formula is C21H26F6N2O3. The number of amides is 2. The van der Waals surface area contributed by atoms with Crippen LogP contribution in [0.2, 0.25) is 0 Å². The number of hydrogen-bond donors (Lipinski definition) is 2. The molecule has 2 rings (SSSR count). The Bertz CT molecular complexity index is 805. The smallest absolute Gasteiger partial charge is 0.383 e. The summed E-state index contributed by atoms with van der Waals surface area (Å²) >= 11 is 0. The van der Waals surface area contributed by atoms with E-state index < -0.39 is 52.5 Å². The first-order chi connectivity index (χ1) is 14.5. The van der Waals surface area contributed by atoms with Crippen LogP contribution in [-0.4, -0.2) is 41.0 Å². The van der Waals surface area contributed by atoms with Crippen LogP contribution in [0.1, 0.15) is 51.2 Å². The van der Waals surface area contributed by atoms with Gasteiger partial charge in [0.05, 0.1) is 11.1 Å². The van der Waals surface area contributed by atoms with E-state index in [-0.39, 0.29) is 18.4 Å². The number of carbonyl (C=O) groups is 2. The minimum absolute atomic E-state index is 0.00556. The molecule has 0 saturated carbocycles. The third kappa shape index (κ3) is 6.85. The highest BCUT2D eigenvalue weighted by Crippen LogP contribution is 2.37. The predicted octanol–water partition coefficient (Wildman–Crippen LogP) is 4.70. The Morgan fingerprint density at radius 1 is 1.00 bits per heavy atom. The van der Waals surface area contributed by atoms with Crippen molar-refractivity contribution in [3.05, 3.63) is 29.3 Å². The Morgan fingerprint density at radius 2 is 1.47 bits per heavy atom. The quantitative estimate of drug-likeness (QED) is 0.630. The Hall–Kier alpha value is -2.30. The molecule has 1 aliphatic rings. The molecule has 1 atom stereocenters. The first-order valence-corrected chi connectivity index (χ1v) is 10.0. The number of carbonyl (C=O) groups excluding carboxylic acids is 2. The summed E-state index contributed by atoms with van der Waals surface area (Å²) in [6.07, 6.45) is -10.4. The lowest BCUT2D eigenvalue weighted by Gasteiger charge is -2.35. The van der Waals surface area contributed by atoms with Crippen molar-refractivity contribution in [1.82, 2.24) is 4.90 Å². The predicted molar refractivity (Wildman–Crippen MR) is 104 cm³/mol. The molecule has 180 valence electrons. The maximum absolute atomic E-state index is 12.9. The molecule has 5 nitrogen and oxygen atoms in total. The molecule has 1 fully saturated rings. The topological polar surface area (TPSA) is 69.6 Å². The van der Waals surface area contributed by atoms with Crippen molar-refractivity contribution < 1.29 is 41.0 Å². The second kappa shape index (κ2) is 9.29. The highest BCUT2D eigenvalue weighted by molar-refractivity contribution is 5.91. The summed E-state index contributed by atoms with van der Waals surface area (Å²) < 4.78 is 77.7. The minimum Gasteiger partial charge on any atom is -0.383 e. The van der Waals surface area contributed by atoms with Crippen molar-refractivity contribution >= 4 is 17.5 Å². The van der Waals surface area contributed by atoms with Gasteiger partial charge in [0.25, 0.3) is 5.91 Å². The van der Waals surface area contributed by atoms with Gasteiger partial charge < -0.3 is 15.3 Å². The normalized spacial score (nSPS) is 17.2. The molecule has 0 radical (unpaired) electrons. The minimum atomic E-state index is -5.00. The van der Waals surface area contributed by atoms with Crippen LogP contribution in [0.25, 0.3) is 0 Å². The second-order valence-corrected chi connectivity index (χ2v) is 9.08. The number of nitrogens with one attached hydrogen (secondary N) is 1. The Morgan fingerprint density at radius 3 is 1.88 bits per heavy atom. The van der Waals surface area contributed by atoms with E-state index in [1.165, 1.54) is 4.90 Å². The Balaban J connectivity index is 2.00. The molecule has 1 heterocycles. The Labute approximate surface area is 181 Å². The number of anilines is 1. The van der Waals surface area contributed by atoms with Gasteiger partial charge in [0, 0.05) is 25.2 Å². The van der Waals surface area contributed by atoms with Crippen molar-refractivity contribution in [1.29, 1.82) is 0 Å². The van der Waals surface area contributed by atoms with E-state index in [1.54, 1.807) is 20.8 Å². The van der Waals surface area contributed by atoms with Crippen molar-refractivity contribution in [3.63, 3.8) is 0 Å². The summed E-state index contributed by atoms with van der Waals surface area (Å²) in [4.78, 5) is 26.1. The van der Waals surface area contributed by atoms with Crippen LogP contribution in [0.4, 0.5) is 32.0 Å². The van der Waals surface area contributed by atoms with Gasteiger partial charge in [0.1, 0.15) is 6.10 Å². The van der Waals surface area contributed by atoms with Crippen LogP contribution in [0.5, 0.6) is 0 Å². The van der Waals surface area contributed by atoms with Gasteiger partial charge in [-0.3, -0.25) is 9.59 Å². The van der Waals surface area contributed by atoms with Crippen LogP contribution < -0.4 is 5.32 Å². The summed E-state index contributed by atoms with van der Waals surface area (Å²) in [5, 5.41) is 12.3. The molecule has 1 aromatic rings. The highest BCUT2D eigenvalue weighted by atomic mass is 19.4. The second-order valence-electron chi connectivity index (χ2n) is 9.08. The lowest BCUT2D eigenvalue weighted by atomic mass is 9.87. The molecule has 0 spiro atoms. The molecule has 1 saturated heterocycles. The van der Waals surface area contributed by atoms with E-state index in [1.807, 2.05) is 0 Å². The number of likely N-dealkylation sites (tertiary alicyclic amines) is 1. The SMILES string of the molecule is CC(C)(C)C(O)C(=O)N1CCC(CC(=O)Nc2cc(C(F)(F)F)cc(C(F)(F)F)c2)CC1. The highest BCUT2D eigenvalue weighted by Gasteiger charge is 2.37. The molecule has 11 heteroatoms. The van der Waals surface area contributed by atoms with Crippen LogP contribution >= 0.6 is 0 Å². The van der Waals surface area contributed by atoms with Gasteiger partial charge >= 0.3 is 12.4 Å². The first-order valence-electron chi connectivity index (χ1n) is 10.0. The third-order valence-corrected chi connectivity index (χ3v) is 5.33. The van der Waals surface area contributed by atoms with E-state index in [4.69, 9.17) is 0 Å².